The lowest BCUT2D eigenvalue weighted by Gasteiger charge is -2.08. The van der Waals surface area contributed by atoms with Crippen LogP contribution in [0.2, 0.25) is 0 Å². The summed E-state index contributed by atoms with van der Waals surface area (Å²) in [5.74, 6) is 1.35. The van der Waals surface area contributed by atoms with Gasteiger partial charge in [-0.2, -0.15) is 0 Å². The van der Waals surface area contributed by atoms with Crippen molar-refractivity contribution in [2.75, 3.05) is 5.88 Å². The summed E-state index contributed by atoms with van der Waals surface area (Å²) in [5, 5.41) is 0. The number of rotatable bonds is 3. The summed E-state index contributed by atoms with van der Waals surface area (Å²) in [6.45, 7) is 2.21. The molecule has 0 heterocycles. The Hall–Kier alpha value is -0.490. The lowest BCUT2D eigenvalue weighted by Crippen LogP contribution is -2.01. The molecule has 0 saturated heterocycles. The Bertz CT molecular complexity index is 317. The summed E-state index contributed by atoms with van der Waals surface area (Å²) in [6, 6.07) is 6.96. The van der Waals surface area contributed by atoms with Crippen molar-refractivity contribution in [2.45, 2.75) is 32.6 Å². The molecule has 0 amide bonds. The van der Waals surface area contributed by atoms with Crippen LogP contribution in [-0.2, 0) is 19.3 Å². The molecule has 0 saturated carbocycles. The summed E-state index contributed by atoms with van der Waals surface area (Å²) in [6.07, 6.45) is 5.01. The van der Waals surface area contributed by atoms with Gasteiger partial charge in [-0.15, -0.1) is 11.6 Å². The zero-order valence-electron chi connectivity index (χ0n) is 8.72. The van der Waals surface area contributed by atoms with E-state index in [2.05, 4.69) is 25.1 Å². The number of fused-ring (bicyclic) bond motifs is 1. The molecule has 0 bridgehead atoms. The van der Waals surface area contributed by atoms with Gasteiger partial charge in [0.05, 0.1) is 0 Å². The molecule has 0 N–H and O–H groups in total. The van der Waals surface area contributed by atoms with Crippen molar-refractivity contribution in [3.05, 3.63) is 34.9 Å². The van der Waals surface area contributed by atoms with Crippen molar-refractivity contribution in [1.29, 1.82) is 0 Å². The van der Waals surface area contributed by atoms with Crippen LogP contribution in [0, 0.1) is 5.92 Å². The highest BCUT2D eigenvalue weighted by molar-refractivity contribution is 6.18. The molecule has 0 radical (unpaired) electrons. The topological polar surface area (TPSA) is 0 Å². The van der Waals surface area contributed by atoms with E-state index in [0.29, 0.717) is 5.92 Å². The van der Waals surface area contributed by atoms with Crippen molar-refractivity contribution >= 4 is 11.6 Å². The van der Waals surface area contributed by atoms with Crippen LogP contribution in [0.5, 0.6) is 0 Å². The number of hydrogen-bond donors (Lipinski definition) is 0. The van der Waals surface area contributed by atoms with Crippen molar-refractivity contribution in [1.82, 2.24) is 0 Å². The first kappa shape index (κ1) is 10.0. The average Bonchev–Trinajstić information content (AvgIpc) is 2.64. The number of benzene rings is 1. The smallest absolute Gasteiger partial charge is 0.0252 e. The SMILES string of the molecule is CC(CCl)Cc1ccc2c(c1)CCC2. The van der Waals surface area contributed by atoms with Crippen molar-refractivity contribution in [2.24, 2.45) is 5.92 Å². The van der Waals surface area contributed by atoms with Crippen LogP contribution >= 0.6 is 11.6 Å². The third-order valence-corrected chi connectivity index (χ3v) is 3.54. The quantitative estimate of drug-likeness (QED) is 0.666. The molecule has 0 spiro atoms. The Balaban J connectivity index is 2.12. The predicted molar refractivity (Wildman–Crippen MR) is 62.1 cm³/mol. The molecule has 1 aliphatic carbocycles. The first-order valence-electron chi connectivity index (χ1n) is 5.46. The summed E-state index contributed by atoms with van der Waals surface area (Å²) in [7, 11) is 0. The van der Waals surface area contributed by atoms with Crippen LogP contribution in [0.1, 0.15) is 30.0 Å². The fraction of sp³-hybridized carbons (Fsp3) is 0.538. The second kappa shape index (κ2) is 4.35. The minimum Gasteiger partial charge on any atom is -0.126 e. The second-order valence-electron chi connectivity index (χ2n) is 4.42. The van der Waals surface area contributed by atoms with Gasteiger partial charge in [-0.05, 0) is 48.3 Å². The van der Waals surface area contributed by atoms with Crippen LogP contribution in [0.25, 0.3) is 0 Å². The lowest BCUT2D eigenvalue weighted by molar-refractivity contribution is 0.654. The van der Waals surface area contributed by atoms with Gasteiger partial charge in [0.25, 0.3) is 0 Å². The molecular weight excluding hydrogens is 192 g/mol. The van der Waals surface area contributed by atoms with Crippen LogP contribution in [-0.4, -0.2) is 5.88 Å². The van der Waals surface area contributed by atoms with Gasteiger partial charge < -0.3 is 0 Å². The molecule has 2 rings (SSSR count). The Labute approximate surface area is 91.3 Å². The standard InChI is InChI=1S/C13H17Cl/c1-10(9-14)7-11-5-6-12-3-2-4-13(12)8-11/h5-6,8,10H,2-4,7,9H2,1H3. The fourth-order valence-corrected chi connectivity index (χ4v) is 2.32. The largest absolute Gasteiger partial charge is 0.126 e. The maximum absolute atomic E-state index is 5.82. The molecule has 1 aromatic rings. The van der Waals surface area contributed by atoms with Gasteiger partial charge in [0.2, 0.25) is 0 Å². The number of alkyl halides is 1. The Morgan fingerprint density at radius 1 is 1.29 bits per heavy atom. The van der Waals surface area contributed by atoms with Gasteiger partial charge in [-0.25, -0.2) is 0 Å². The van der Waals surface area contributed by atoms with E-state index >= 15 is 0 Å². The molecule has 0 aromatic heterocycles. The monoisotopic (exact) mass is 208 g/mol. The molecule has 0 fully saturated rings. The molecule has 1 heteroatoms. The van der Waals surface area contributed by atoms with E-state index in [-0.39, 0.29) is 0 Å². The van der Waals surface area contributed by atoms with E-state index in [1.165, 1.54) is 24.8 Å². The van der Waals surface area contributed by atoms with E-state index < -0.39 is 0 Å². The van der Waals surface area contributed by atoms with Gasteiger partial charge in [0.1, 0.15) is 0 Å². The van der Waals surface area contributed by atoms with E-state index in [9.17, 15) is 0 Å². The lowest BCUT2D eigenvalue weighted by atomic mass is 9.99. The van der Waals surface area contributed by atoms with Crippen LogP contribution in [0.15, 0.2) is 18.2 Å². The highest BCUT2D eigenvalue weighted by atomic mass is 35.5. The number of halogens is 1. The van der Waals surface area contributed by atoms with Crippen LogP contribution in [0.4, 0.5) is 0 Å². The predicted octanol–water partition coefficient (Wildman–Crippen LogP) is 3.59. The molecule has 1 atom stereocenters. The van der Waals surface area contributed by atoms with Gasteiger partial charge in [-0.3, -0.25) is 0 Å². The molecular formula is C13H17Cl. The third kappa shape index (κ3) is 2.12. The first-order chi connectivity index (χ1) is 6.79. The number of aryl methyl sites for hydroxylation is 2. The van der Waals surface area contributed by atoms with E-state index in [1.807, 2.05) is 0 Å². The van der Waals surface area contributed by atoms with Gasteiger partial charge in [0, 0.05) is 5.88 Å². The normalized spacial score (nSPS) is 16.7. The highest BCUT2D eigenvalue weighted by Crippen LogP contribution is 2.23. The zero-order valence-corrected chi connectivity index (χ0v) is 9.48. The van der Waals surface area contributed by atoms with Crippen molar-refractivity contribution in [3.63, 3.8) is 0 Å². The Morgan fingerprint density at radius 3 is 2.86 bits per heavy atom. The van der Waals surface area contributed by atoms with Gasteiger partial charge in [-0.1, -0.05) is 25.1 Å². The third-order valence-electron chi connectivity index (χ3n) is 3.01. The molecule has 1 unspecified atom stereocenters. The van der Waals surface area contributed by atoms with Gasteiger partial charge in [0.15, 0.2) is 0 Å². The maximum Gasteiger partial charge on any atom is 0.0252 e. The summed E-state index contributed by atoms with van der Waals surface area (Å²) < 4.78 is 0. The summed E-state index contributed by atoms with van der Waals surface area (Å²) in [5.41, 5.74) is 4.59. The van der Waals surface area contributed by atoms with E-state index in [4.69, 9.17) is 11.6 Å². The molecule has 0 aliphatic heterocycles. The maximum atomic E-state index is 5.82. The van der Waals surface area contributed by atoms with Crippen LogP contribution < -0.4 is 0 Å². The molecule has 76 valence electrons. The molecule has 14 heavy (non-hydrogen) atoms. The molecule has 0 nitrogen and oxygen atoms in total. The minimum absolute atomic E-state index is 0.594. The van der Waals surface area contributed by atoms with E-state index in [1.54, 1.807) is 11.1 Å². The Morgan fingerprint density at radius 2 is 2.07 bits per heavy atom. The number of hydrogen-bond acceptors (Lipinski definition) is 0. The second-order valence-corrected chi connectivity index (χ2v) is 4.73. The molecule has 1 aliphatic rings. The fourth-order valence-electron chi connectivity index (χ4n) is 2.21. The summed E-state index contributed by atoms with van der Waals surface area (Å²) in [4.78, 5) is 0. The molecule has 1 aromatic carbocycles. The Kier molecular flexibility index (Phi) is 3.12. The first-order valence-corrected chi connectivity index (χ1v) is 5.99. The van der Waals surface area contributed by atoms with Crippen LogP contribution in [0.3, 0.4) is 0 Å². The van der Waals surface area contributed by atoms with E-state index in [0.717, 1.165) is 12.3 Å². The van der Waals surface area contributed by atoms with Crippen molar-refractivity contribution in [3.8, 4) is 0 Å². The highest BCUT2D eigenvalue weighted by Gasteiger charge is 2.11. The van der Waals surface area contributed by atoms with Crippen molar-refractivity contribution < 1.29 is 0 Å². The average molecular weight is 209 g/mol. The summed E-state index contributed by atoms with van der Waals surface area (Å²) >= 11 is 5.82. The van der Waals surface area contributed by atoms with Gasteiger partial charge >= 0.3 is 0 Å². The minimum atomic E-state index is 0.594. The zero-order chi connectivity index (χ0) is 9.97.